The minimum absolute atomic E-state index is 0.839. The first-order valence-electron chi connectivity index (χ1n) is 3.73. The van der Waals surface area contributed by atoms with Crippen molar-refractivity contribution in [3.8, 4) is 0 Å². The lowest BCUT2D eigenvalue weighted by atomic mass is 10.2. The van der Waals surface area contributed by atoms with Crippen LogP contribution in [-0.2, 0) is 12.3 Å². The van der Waals surface area contributed by atoms with E-state index in [1.54, 1.807) is 0 Å². The van der Waals surface area contributed by atoms with Crippen molar-refractivity contribution in [2.45, 2.75) is 25.1 Å². The maximum absolute atomic E-state index is 13.2. The summed E-state index contributed by atoms with van der Waals surface area (Å²) in [6.45, 7) is 1.68. The van der Waals surface area contributed by atoms with Crippen molar-refractivity contribution in [2.24, 2.45) is 0 Å². The SMILES string of the molecule is CC(C)(F)C(F)(F)[SiH]1O[SiH2]O[SiH2]O1. The Balaban J connectivity index is 2.67. The Morgan fingerprint density at radius 2 is 1.54 bits per heavy atom. The molecule has 1 saturated heterocycles. The second-order valence-corrected chi connectivity index (χ2v) is 9.36. The van der Waals surface area contributed by atoms with Gasteiger partial charge in [0.05, 0.1) is 0 Å². The first-order chi connectivity index (χ1) is 5.86. The Hall–Kier alpha value is 0.321. The van der Waals surface area contributed by atoms with Gasteiger partial charge in [-0.15, -0.1) is 0 Å². The van der Waals surface area contributed by atoms with Crippen LogP contribution < -0.4 is 0 Å². The van der Waals surface area contributed by atoms with Crippen molar-refractivity contribution in [1.82, 2.24) is 0 Å². The summed E-state index contributed by atoms with van der Waals surface area (Å²) in [6.07, 6.45) is 0. The van der Waals surface area contributed by atoms with Crippen molar-refractivity contribution >= 4 is 29.3 Å². The first-order valence-corrected chi connectivity index (χ1v) is 7.56. The molecule has 0 aromatic heterocycles. The third-order valence-electron chi connectivity index (χ3n) is 1.69. The summed E-state index contributed by atoms with van der Waals surface area (Å²) in [7, 11) is -5.82. The summed E-state index contributed by atoms with van der Waals surface area (Å²) in [6, 6.07) is 0. The van der Waals surface area contributed by atoms with Crippen LogP contribution in [0.15, 0.2) is 0 Å². The summed E-state index contributed by atoms with van der Waals surface area (Å²) in [5, 5.41) is 0. The molecule has 1 aliphatic heterocycles. The summed E-state index contributed by atoms with van der Waals surface area (Å²) < 4.78 is 53.9. The van der Waals surface area contributed by atoms with Crippen molar-refractivity contribution in [2.75, 3.05) is 0 Å². The van der Waals surface area contributed by atoms with Crippen LogP contribution in [0.3, 0.4) is 0 Å². The van der Waals surface area contributed by atoms with Crippen LogP contribution in [0, 0.1) is 0 Å². The lowest BCUT2D eigenvalue weighted by Crippen LogP contribution is -2.57. The number of hydrogen-bond acceptors (Lipinski definition) is 3. The van der Waals surface area contributed by atoms with Gasteiger partial charge in [-0.2, -0.15) is 0 Å². The third-order valence-corrected chi connectivity index (χ3v) is 7.82. The molecule has 0 amide bonds. The lowest BCUT2D eigenvalue weighted by Gasteiger charge is -2.34. The molecule has 3 nitrogen and oxygen atoms in total. The summed E-state index contributed by atoms with van der Waals surface area (Å²) >= 11 is 0. The Morgan fingerprint density at radius 1 is 1.08 bits per heavy atom. The fraction of sp³-hybridized carbons (Fsp3) is 1.00. The molecule has 9 heteroatoms. The van der Waals surface area contributed by atoms with E-state index in [2.05, 4.69) is 0 Å². The van der Waals surface area contributed by atoms with Crippen molar-refractivity contribution in [1.29, 1.82) is 0 Å². The van der Waals surface area contributed by atoms with Gasteiger partial charge in [0.15, 0.2) is 5.67 Å². The standard InChI is InChI=1S/C4H11F3O3Si3/c1-3(2,5)4(6,7)13-9-11-8-12-10-13/h13H,11-12H2,1-2H3. The molecule has 0 atom stereocenters. The zero-order chi connectivity index (χ0) is 10.1. The minimum atomic E-state index is -3.48. The topological polar surface area (TPSA) is 27.7 Å². The number of alkyl halides is 3. The zero-order valence-electron chi connectivity index (χ0n) is 7.35. The van der Waals surface area contributed by atoms with Gasteiger partial charge in [0, 0.05) is 0 Å². The van der Waals surface area contributed by atoms with Crippen LogP contribution in [0.25, 0.3) is 0 Å². The van der Waals surface area contributed by atoms with Gasteiger partial charge in [0.2, 0.25) is 0 Å². The molecule has 1 heterocycles. The highest BCUT2D eigenvalue weighted by molar-refractivity contribution is 6.63. The molecule has 1 rings (SSSR count). The van der Waals surface area contributed by atoms with Gasteiger partial charge in [-0.1, -0.05) is 0 Å². The van der Waals surface area contributed by atoms with E-state index in [1.165, 1.54) is 0 Å². The molecular formula is C4H11F3O3Si3. The average Bonchev–Trinajstić information content (AvgIpc) is 2.04. The van der Waals surface area contributed by atoms with E-state index in [4.69, 9.17) is 12.3 Å². The van der Waals surface area contributed by atoms with E-state index >= 15 is 0 Å². The summed E-state index contributed by atoms with van der Waals surface area (Å²) in [5.74, 6) is 0. The molecular weight excluding hydrogens is 237 g/mol. The molecule has 0 aromatic carbocycles. The Bertz CT molecular complexity index is 179. The monoisotopic (exact) mass is 248 g/mol. The number of rotatable bonds is 2. The molecule has 1 aliphatic rings. The molecule has 78 valence electrons. The zero-order valence-corrected chi connectivity index (χ0v) is 11.3. The molecule has 13 heavy (non-hydrogen) atoms. The molecule has 0 saturated carbocycles. The van der Waals surface area contributed by atoms with Crippen LogP contribution in [0.5, 0.6) is 0 Å². The van der Waals surface area contributed by atoms with Gasteiger partial charge in [0.25, 0.3) is 20.0 Å². The van der Waals surface area contributed by atoms with Gasteiger partial charge in [-0.3, -0.25) is 0 Å². The second kappa shape index (κ2) is 3.82. The summed E-state index contributed by atoms with van der Waals surface area (Å²) in [4.78, 5) is 0. The van der Waals surface area contributed by atoms with E-state index < -0.39 is 40.5 Å². The van der Waals surface area contributed by atoms with Crippen LogP contribution in [-0.4, -0.2) is 40.5 Å². The molecule has 1 fully saturated rings. The van der Waals surface area contributed by atoms with Gasteiger partial charge >= 0.3 is 14.8 Å². The Labute approximate surface area is 80.5 Å². The fourth-order valence-electron chi connectivity index (χ4n) is 0.792. The number of halogens is 3. The molecule has 0 spiro atoms. The first kappa shape index (κ1) is 11.4. The van der Waals surface area contributed by atoms with E-state index in [1.807, 2.05) is 0 Å². The van der Waals surface area contributed by atoms with E-state index in [-0.39, 0.29) is 0 Å². The maximum atomic E-state index is 13.2. The van der Waals surface area contributed by atoms with Gasteiger partial charge < -0.3 is 12.3 Å². The molecule has 0 radical (unpaired) electrons. The maximum Gasteiger partial charge on any atom is 0.384 e. The highest BCUT2D eigenvalue weighted by atomic mass is 28.4. The minimum Gasteiger partial charge on any atom is -0.425 e. The van der Waals surface area contributed by atoms with Crippen LogP contribution in [0.4, 0.5) is 13.2 Å². The second-order valence-electron chi connectivity index (χ2n) is 3.20. The van der Waals surface area contributed by atoms with Gasteiger partial charge in [-0.25, -0.2) is 13.2 Å². The predicted molar refractivity (Wildman–Crippen MR) is 47.6 cm³/mol. The van der Waals surface area contributed by atoms with Crippen LogP contribution in [0.2, 0.25) is 0 Å². The predicted octanol–water partition coefficient (Wildman–Crippen LogP) is -0.809. The number of hydrogen-bond donors (Lipinski definition) is 0. The average molecular weight is 248 g/mol. The van der Waals surface area contributed by atoms with Crippen molar-refractivity contribution in [3.63, 3.8) is 0 Å². The third kappa shape index (κ3) is 2.41. The molecule has 0 aliphatic carbocycles. The molecule has 0 N–H and O–H groups in total. The Kier molecular flexibility index (Phi) is 3.35. The van der Waals surface area contributed by atoms with Crippen LogP contribution >= 0.6 is 0 Å². The van der Waals surface area contributed by atoms with E-state index in [0.29, 0.717) is 0 Å². The van der Waals surface area contributed by atoms with Gasteiger partial charge in [-0.05, 0) is 13.8 Å². The lowest BCUT2D eigenvalue weighted by molar-refractivity contribution is -0.0747. The molecule has 0 bridgehead atoms. The van der Waals surface area contributed by atoms with Crippen molar-refractivity contribution in [3.05, 3.63) is 0 Å². The van der Waals surface area contributed by atoms with E-state index in [9.17, 15) is 13.2 Å². The fourth-order valence-corrected chi connectivity index (χ4v) is 8.04. The quantitative estimate of drug-likeness (QED) is 0.598. The normalized spacial score (nSPS) is 29.8. The highest BCUT2D eigenvalue weighted by Gasteiger charge is 2.57. The largest absolute Gasteiger partial charge is 0.425 e. The van der Waals surface area contributed by atoms with Crippen LogP contribution in [0.1, 0.15) is 13.8 Å². The molecule has 0 aromatic rings. The smallest absolute Gasteiger partial charge is 0.384 e. The molecule has 0 unspecified atom stereocenters. The highest BCUT2D eigenvalue weighted by Crippen LogP contribution is 2.35. The van der Waals surface area contributed by atoms with E-state index in [0.717, 1.165) is 13.8 Å². The Morgan fingerprint density at radius 3 is 1.92 bits per heavy atom. The van der Waals surface area contributed by atoms with Gasteiger partial charge in [0.1, 0.15) is 0 Å². The summed E-state index contributed by atoms with van der Waals surface area (Å²) in [5.41, 5.74) is -6.05. The van der Waals surface area contributed by atoms with Crippen molar-refractivity contribution < 1.29 is 25.5 Å².